The second-order valence-corrected chi connectivity index (χ2v) is 7.19. The van der Waals surface area contributed by atoms with Crippen LogP contribution in [0.25, 0.3) is 0 Å². The first-order chi connectivity index (χ1) is 10.1. The zero-order chi connectivity index (χ0) is 15.1. The summed E-state index contributed by atoms with van der Waals surface area (Å²) >= 11 is 5.80. The van der Waals surface area contributed by atoms with Crippen molar-refractivity contribution in [3.05, 3.63) is 70.7 Å². The van der Waals surface area contributed by atoms with Crippen LogP contribution in [-0.4, -0.2) is 20.7 Å². The Bertz CT molecular complexity index is 654. The Morgan fingerprint density at radius 3 is 2.14 bits per heavy atom. The summed E-state index contributed by atoms with van der Waals surface area (Å²) in [6.45, 7) is 0.424. The molecule has 0 aromatic heterocycles. The predicted octanol–water partition coefficient (Wildman–Crippen LogP) is 3.04. The highest BCUT2D eigenvalue weighted by Gasteiger charge is 2.09. The lowest BCUT2D eigenvalue weighted by molar-refractivity contribution is 0.581. The molecule has 0 saturated heterocycles. The molecular weight excluding hydrogens is 306 g/mol. The lowest BCUT2D eigenvalue weighted by Crippen LogP contribution is -2.29. The monoisotopic (exact) mass is 323 g/mol. The van der Waals surface area contributed by atoms with Crippen LogP contribution in [0.4, 0.5) is 0 Å². The first-order valence-electron chi connectivity index (χ1n) is 6.81. The van der Waals surface area contributed by atoms with E-state index in [2.05, 4.69) is 4.72 Å². The zero-order valence-electron chi connectivity index (χ0n) is 11.6. The second-order valence-electron chi connectivity index (χ2n) is 4.83. The Hall–Kier alpha value is -1.36. The Balaban J connectivity index is 1.78. The topological polar surface area (TPSA) is 46.2 Å². The van der Waals surface area contributed by atoms with Crippen molar-refractivity contribution < 1.29 is 8.42 Å². The minimum Gasteiger partial charge on any atom is -0.215 e. The molecule has 0 spiro atoms. The number of hydrogen-bond acceptors (Lipinski definition) is 2. The van der Waals surface area contributed by atoms with E-state index in [1.165, 1.54) is 0 Å². The Kier molecular flexibility index (Phi) is 5.79. The van der Waals surface area contributed by atoms with Crippen molar-refractivity contribution in [2.45, 2.75) is 12.8 Å². The van der Waals surface area contributed by atoms with Gasteiger partial charge in [-0.15, -0.1) is 0 Å². The Morgan fingerprint density at radius 2 is 1.48 bits per heavy atom. The molecule has 0 unspecified atom stereocenters. The van der Waals surface area contributed by atoms with Crippen molar-refractivity contribution in [2.24, 2.45) is 0 Å². The minimum absolute atomic E-state index is 0.0867. The highest BCUT2D eigenvalue weighted by Crippen LogP contribution is 2.10. The molecule has 21 heavy (non-hydrogen) atoms. The van der Waals surface area contributed by atoms with E-state index in [1.54, 1.807) is 12.1 Å². The van der Waals surface area contributed by atoms with Crippen LogP contribution in [0.15, 0.2) is 54.6 Å². The van der Waals surface area contributed by atoms with Gasteiger partial charge in [-0.1, -0.05) is 54.1 Å². The number of hydrogen-bond donors (Lipinski definition) is 1. The van der Waals surface area contributed by atoms with E-state index < -0.39 is 10.0 Å². The van der Waals surface area contributed by atoms with Gasteiger partial charge in [0.1, 0.15) is 0 Å². The van der Waals surface area contributed by atoms with Gasteiger partial charge in [-0.3, -0.25) is 0 Å². The van der Waals surface area contributed by atoms with Crippen molar-refractivity contribution in [3.63, 3.8) is 0 Å². The normalized spacial score (nSPS) is 11.5. The van der Waals surface area contributed by atoms with Gasteiger partial charge in [0, 0.05) is 11.6 Å². The molecule has 0 heterocycles. The van der Waals surface area contributed by atoms with Gasteiger partial charge >= 0.3 is 0 Å². The highest BCUT2D eigenvalue weighted by atomic mass is 35.5. The molecule has 0 aliphatic heterocycles. The van der Waals surface area contributed by atoms with Crippen molar-refractivity contribution in [1.82, 2.24) is 4.72 Å². The van der Waals surface area contributed by atoms with E-state index in [4.69, 9.17) is 11.6 Å². The molecule has 0 aliphatic carbocycles. The molecule has 0 atom stereocenters. The molecule has 2 rings (SSSR count). The van der Waals surface area contributed by atoms with Crippen molar-refractivity contribution in [1.29, 1.82) is 0 Å². The van der Waals surface area contributed by atoms with Crippen LogP contribution in [0, 0.1) is 0 Å². The van der Waals surface area contributed by atoms with E-state index >= 15 is 0 Å². The van der Waals surface area contributed by atoms with Gasteiger partial charge < -0.3 is 0 Å². The minimum atomic E-state index is -3.24. The van der Waals surface area contributed by atoms with E-state index in [0.717, 1.165) is 11.1 Å². The Morgan fingerprint density at radius 1 is 0.857 bits per heavy atom. The second kappa shape index (κ2) is 7.59. The summed E-state index contributed by atoms with van der Waals surface area (Å²) in [5.74, 6) is 0.0867. The van der Waals surface area contributed by atoms with Crippen molar-refractivity contribution >= 4 is 21.6 Å². The standard InChI is InChI=1S/C16H18ClNO2S/c17-16-8-6-15(7-9-16)11-13-21(19,20)18-12-10-14-4-2-1-3-5-14/h1-9,18H,10-13H2. The summed E-state index contributed by atoms with van der Waals surface area (Å²) in [6.07, 6.45) is 1.18. The fourth-order valence-corrected chi connectivity index (χ4v) is 3.16. The quantitative estimate of drug-likeness (QED) is 0.851. The third-order valence-electron chi connectivity index (χ3n) is 3.15. The first-order valence-corrected chi connectivity index (χ1v) is 8.84. The average molecular weight is 324 g/mol. The maximum atomic E-state index is 11.9. The van der Waals surface area contributed by atoms with Crippen LogP contribution < -0.4 is 4.72 Å². The van der Waals surface area contributed by atoms with E-state index in [9.17, 15) is 8.42 Å². The molecule has 5 heteroatoms. The lowest BCUT2D eigenvalue weighted by Gasteiger charge is -2.07. The summed E-state index contributed by atoms with van der Waals surface area (Å²) in [7, 11) is -3.24. The van der Waals surface area contributed by atoms with Gasteiger partial charge in [-0.2, -0.15) is 0 Å². The van der Waals surface area contributed by atoms with E-state index in [-0.39, 0.29) is 5.75 Å². The summed E-state index contributed by atoms with van der Waals surface area (Å²) in [5.41, 5.74) is 2.09. The molecule has 2 aromatic carbocycles. The van der Waals surface area contributed by atoms with Gasteiger partial charge in [-0.05, 0) is 36.1 Å². The molecule has 0 saturated carbocycles. The summed E-state index contributed by atoms with van der Waals surface area (Å²) < 4.78 is 26.5. The van der Waals surface area contributed by atoms with E-state index in [0.29, 0.717) is 24.4 Å². The molecule has 0 bridgehead atoms. The Labute approximate surface area is 131 Å². The van der Waals surface area contributed by atoms with Crippen LogP contribution in [-0.2, 0) is 22.9 Å². The maximum absolute atomic E-state index is 11.9. The SMILES string of the molecule is O=S(=O)(CCc1ccc(Cl)cc1)NCCc1ccccc1. The number of benzene rings is 2. The summed E-state index contributed by atoms with van der Waals surface area (Å²) in [5, 5.41) is 0.655. The van der Waals surface area contributed by atoms with Crippen LogP contribution in [0.5, 0.6) is 0 Å². The van der Waals surface area contributed by atoms with Gasteiger partial charge in [0.25, 0.3) is 0 Å². The molecule has 1 N–H and O–H groups in total. The molecule has 0 fully saturated rings. The van der Waals surface area contributed by atoms with Crippen LogP contribution in [0.1, 0.15) is 11.1 Å². The molecule has 112 valence electrons. The molecular formula is C16H18ClNO2S. The molecule has 0 aliphatic rings. The number of nitrogens with one attached hydrogen (secondary N) is 1. The molecule has 0 radical (unpaired) electrons. The molecule has 3 nitrogen and oxygen atoms in total. The lowest BCUT2D eigenvalue weighted by atomic mass is 10.2. The smallest absolute Gasteiger partial charge is 0.211 e. The summed E-state index contributed by atoms with van der Waals surface area (Å²) in [4.78, 5) is 0. The van der Waals surface area contributed by atoms with Gasteiger partial charge in [0.05, 0.1) is 5.75 Å². The number of sulfonamides is 1. The highest BCUT2D eigenvalue weighted by molar-refractivity contribution is 7.89. The van der Waals surface area contributed by atoms with Gasteiger partial charge in [-0.25, -0.2) is 13.1 Å². The molecule has 2 aromatic rings. The fourth-order valence-electron chi connectivity index (χ4n) is 1.97. The average Bonchev–Trinajstić information content (AvgIpc) is 2.48. The van der Waals surface area contributed by atoms with Gasteiger partial charge in [0.2, 0.25) is 10.0 Å². The van der Waals surface area contributed by atoms with Crippen molar-refractivity contribution in [2.75, 3.05) is 12.3 Å². The zero-order valence-corrected chi connectivity index (χ0v) is 13.2. The van der Waals surface area contributed by atoms with Crippen molar-refractivity contribution in [3.8, 4) is 0 Å². The fraction of sp³-hybridized carbons (Fsp3) is 0.250. The largest absolute Gasteiger partial charge is 0.215 e. The third-order valence-corrected chi connectivity index (χ3v) is 4.79. The molecule has 0 amide bonds. The first kappa shape index (κ1) is 16.0. The van der Waals surface area contributed by atoms with Crippen LogP contribution >= 0.6 is 11.6 Å². The van der Waals surface area contributed by atoms with E-state index in [1.807, 2.05) is 42.5 Å². The van der Waals surface area contributed by atoms with Gasteiger partial charge in [0.15, 0.2) is 0 Å². The number of halogens is 1. The third kappa shape index (κ3) is 5.87. The van der Waals surface area contributed by atoms with Crippen LogP contribution in [0.2, 0.25) is 5.02 Å². The summed E-state index contributed by atoms with van der Waals surface area (Å²) in [6, 6.07) is 17.1. The number of rotatable bonds is 7. The maximum Gasteiger partial charge on any atom is 0.211 e. The number of aryl methyl sites for hydroxylation is 1. The van der Waals surface area contributed by atoms with Crippen LogP contribution in [0.3, 0.4) is 0 Å². The predicted molar refractivity (Wildman–Crippen MR) is 87.1 cm³/mol.